The summed E-state index contributed by atoms with van der Waals surface area (Å²) in [7, 11) is 0. The zero-order valence-corrected chi connectivity index (χ0v) is 9.27. The zero-order chi connectivity index (χ0) is 11.8. The molecule has 0 radical (unpaired) electrons. The Bertz CT molecular complexity index is 205. The predicted molar refractivity (Wildman–Crippen MR) is 55.8 cm³/mol. The van der Waals surface area contributed by atoms with Crippen molar-refractivity contribution in [3.63, 3.8) is 0 Å². The molecule has 0 amide bonds. The van der Waals surface area contributed by atoms with E-state index in [0.29, 0.717) is 0 Å². The van der Waals surface area contributed by atoms with Crippen molar-refractivity contribution in [1.29, 1.82) is 0 Å². The third-order valence-corrected chi connectivity index (χ3v) is 2.38. The molecule has 5 nitrogen and oxygen atoms in total. The second kappa shape index (κ2) is 7.23. The van der Waals surface area contributed by atoms with Gasteiger partial charge in [-0.3, -0.25) is 9.59 Å². The molecule has 0 aromatic heterocycles. The van der Waals surface area contributed by atoms with Crippen LogP contribution in [0.5, 0.6) is 0 Å². The molecule has 0 bridgehead atoms. The van der Waals surface area contributed by atoms with E-state index in [1.807, 2.05) is 0 Å². The molecule has 2 N–H and O–H groups in total. The summed E-state index contributed by atoms with van der Waals surface area (Å²) in [4.78, 5) is 21.8. The lowest BCUT2D eigenvalue weighted by molar-refractivity contribution is -0.143. The van der Waals surface area contributed by atoms with Gasteiger partial charge in [0.05, 0.1) is 5.92 Å². The SMILES string of the molecule is CC(=O)O.CCN1CCC(C(=O)O)CC1. The molecule has 1 saturated heterocycles. The van der Waals surface area contributed by atoms with E-state index >= 15 is 0 Å². The van der Waals surface area contributed by atoms with E-state index in [0.717, 1.165) is 39.4 Å². The average molecular weight is 217 g/mol. The zero-order valence-electron chi connectivity index (χ0n) is 9.27. The maximum atomic E-state index is 10.5. The topological polar surface area (TPSA) is 77.8 Å². The minimum absolute atomic E-state index is 0.0854. The van der Waals surface area contributed by atoms with Gasteiger partial charge in [-0.15, -0.1) is 0 Å². The Hall–Kier alpha value is -1.10. The monoisotopic (exact) mass is 217 g/mol. The summed E-state index contributed by atoms with van der Waals surface area (Å²) in [6.45, 7) is 6.15. The van der Waals surface area contributed by atoms with Crippen molar-refractivity contribution in [2.24, 2.45) is 5.92 Å². The number of likely N-dealkylation sites (tertiary alicyclic amines) is 1. The van der Waals surface area contributed by atoms with Crippen molar-refractivity contribution in [3.05, 3.63) is 0 Å². The Kier molecular flexibility index (Phi) is 6.70. The van der Waals surface area contributed by atoms with Crippen LogP contribution in [0.1, 0.15) is 26.7 Å². The lowest BCUT2D eigenvalue weighted by Gasteiger charge is -2.28. The molecule has 0 unspecified atom stereocenters. The van der Waals surface area contributed by atoms with E-state index < -0.39 is 11.9 Å². The molecule has 0 saturated carbocycles. The van der Waals surface area contributed by atoms with Gasteiger partial charge < -0.3 is 15.1 Å². The first kappa shape index (κ1) is 13.9. The van der Waals surface area contributed by atoms with E-state index in [-0.39, 0.29) is 5.92 Å². The lowest BCUT2D eigenvalue weighted by atomic mass is 9.97. The molecule has 1 rings (SSSR count). The van der Waals surface area contributed by atoms with Gasteiger partial charge in [0, 0.05) is 6.92 Å². The molecule has 88 valence electrons. The van der Waals surface area contributed by atoms with Crippen molar-refractivity contribution in [2.45, 2.75) is 26.7 Å². The number of rotatable bonds is 2. The highest BCUT2D eigenvalue weighted by Crippen LogP contribution is 2.16. The molecule has 5 heteroatoms. The fourth-order valence-corrected chi connectivity index (χ4v) is 1.50. The van der Waals surface area contributed by atoms with Gasteiger partial charge in [-0.05, 0) is 32.5 Å². The second-order valence-corrected chi connectivity index (χ2v) is 3.57. The first-order valence-corrected chi connectivity index (χ1v) is 5.12. The van der Waals surface area contributed by atoms with Crippen LogP contribution in [0.3, 0.4) is 0 Å². The lowest BCUT2D eigenvalue weighted by Crippen LogP contribution is -2.35. The molecule has 1 aliphatic rings. The standard InChI is InChI=1S/C8H15NO2.C2H4O2/c1-2-9-5-3-7(4-6-9)8(10)11;1-2(3)4/h7H,2-6H2,1H3,(H,10,11);1H3,(H,3,4). The predicted octanol–water partition coefficient (Wildman–Crippen LogP) is 0.894. The highest BCUT2D eigenvalue weighted by Gasteiger charge is 2.23. The maximum absolute atomic E-state index is 10.5. The van der Waals surface area contributed by atoms with Gasteiger partial charge >= 0.3 is 5.97 Å². The molecule has 1 aliphatic heterocycles. The maximum Gasteiger partial charge on any atom is 0.306 e. The Morgan fingerprint density at radius 3 is 1.93 bits per heavy atom. The molecule has 1 heterocycles. The van der Waals surface area contributed by atoms with E-state index in [2.05, 4.69) is 11.8 Å². The summed E-state index contributed by atoms with van der Waals surface area (Å²) in [5.41, 5.74) is 0. The molecular formula is C10H19NO4. The minimum atomic E-state index is -0.833. The number of carbonyl (C=O) groups is 2. The van der Waals surface area contributed by atoms with Gasteiger partial charge in [0.25, 0.3) is 5.97 Å². The normalized spacial score (nSPS) is 17.7. The Morgan fingerprint density at radius 1 is 1.27 bits per heavy atom. The third kappa shape index (κ3) is 6.90. The van der Waals surface area contributed by atoms with E-state index in [9.17, 15) is 4.79 Å². The van der Waals surface area contributed by atoms with Gasteiger partial charge in [0.2, 0.25) is 0 Å². The molecule has 0 spiro atoms. The number of hydrogen-bond donors (Lipinski definition) is 2. The molecule has 0 aromatic rings. The fourth-order valence-electron chi connectivity index (χ4n) is 1.50. The highest BCUT2D eigenvalue weighted by atomic mass is 16.4. The van der Waals surface area contributed by atoms with Gasteiger partial charge in [-0.25, -0.2) is 0 Å². The van der Waals surface area contributed by atoms with Gasteiger partial charge in [0.1, 0.15) is 0 Å². The third-order valence-electron chi connectivity index (χ3n) is 2.38. The highest BCUT2D eigenvalue weighted by molar-refractivity contribution is 5.70. The Labute approximate surface area is 89.7 Å². The van der Waals surface area contributed by atoms with E-state index in [1.54, 1.807) is 0 Å². The summed E-state index contributed by atoms with van der Waals surface area (Å²) in [6.07, 6.45) is 1.65. The average Bonchev–Trinajstić information content (AvgIpc) is 2.17. The van der Waals surface area contributed by atoms with E-state index in [4.69, 9.17) is 15.0 Å². The van der Waals surface area contributed by atoms with Crippen molar-refractivity contribution in [2.75, 3.05) is 19.6 Å². The van der Waals surface area contributed by atoms with Crippen LogP contribution in [0.25, 0.3) is 0 Å². The number of carboxylic acids is 2. The largest absolute Gasteiger partial charge is 0.481 e. The number of hydrogen-bond acceptors (Lipinski definition) is 3. The smallest absolute Gasteiger partial charge is 0.306 e. The number of carboxylic acid groups (broad SMARTS) is 2. The fraction of sp³-hybridized carbons (Fsp3) is 0.800. The molecule has 15 heavy (non-hydrogen) atoms. The van der Waals surface area contributed by atoms with E-state index in [1.165, 1.54) is 0 Å². The number of nitrogens with zero attached hydrogens (tertiary/aromatic N) is 1. The van der Waals surface area contributed by atoms with Gasteiger partial charge in [-0.2, -0.15) is 0 Å². The van der Waals surface area contributed by atoms with Crippen LogP contribution >= 0.6 is 0 Å². The molecule has 0 atom stereocenters. The molecule has 0 aromatic carbocycles. The van der Waals surface area contributed by atoms with Crippen LogP contribution in [0.2, 0.25) is 0 Å². The quantitative estimate of drug-likeness (QED) is 0.718. The van der Waals surface area contributed by atoms with Crippen LogP contribution in [0.4, 0.5) is 0 Å². The molecule has 0 aliphatic carbocycles. The number of piperidine rings is 1. The Balaban J connectivity index is 0.000000423. The van der Waals surface area contributed by atoms with Gasteiger partial charge in [0.15, 0.2) is 0 Å². The van der Waals surface area contributed by atoms with Crippen molar-refractivity contribution >= 4 is 11.9 Å². The minimum Gasteiger partial charge on any atom is -0.481 e. The summed E-state index contributed by atoms with van der Waals surface area (Å²) in [5, 5.41) is 16.1. The Morgan fingerprint density at radius 2 is 1.67 bits per heavy atom. The number of aliphatic carboxylic acids is 2. The summed E-state index contributed by atoms with van der Waals surface area (Å²) in [6, 6.07) is 0. The van der Waals surface area contributed by atoms with Crippen molar-refractivity contribution in [1.82, 2.24) is 4.90 Å². The summed E-state index contributed by atoms with van der Waals surface area (Å²) >= 11 is 0. The van der Waals surface area contributed by atoms with Crippen molar-refractivity contribution < 1.29 is 19.8 Å². The van der Waals surface area contributed by atoms with Crippen LogP contribution in [0.15, 0.2) is 0 Å². The van der Waals surface area contributed by atoms with Crippen LogP contribution < -0.4 is 0 Å². The summed E-state index contributed by atoms with van der Waals surface area (Å²) in [5.74, 6) is -1.54. The van der Waals surface area contributed by atoms with Crippen LogP contribution in [-0.2, 0) is 9.59 Å². The first-order valence-electron chi connectivity index (χ1n) is 5.12. The van der Waals surface area contributed by atoms with Gasteiger partial charge in [-0.1, -0.05) is 6.92 Å². The van der Waals surface area contributed by atoms with Crippen LogP contribution in [-0.4, -0.2) is 46.7 Å². The first-order chi connectivity index (χ1) is 6.97. The molecule has 1 fully saturated rings. The second-order valence-electron chi connectivity index (χ2n) is 3.57. The summed E-state index contributed by atoms with van der Waals surface area (Å²) < 4.78 is 0. The van der Waals surface area contributed by atoms with Crippen molar-refractivity contribution in [3.8, 4) is 0 Å². The molecular weight excluding hydrogens is 198 g/mol. The van der Waals surface area contributed by atoms with Crippen LogP contribution in [0, 0.1) is 5.92 Å².